The summed E-state index contributed by atoms with van der Waals surface area (Å²) in [5.74, 6) is 0.679. The number of fused-ring (bicyclic) bond motifs is 2. The Kier molecular flexibility index (Phi) is 4.11. The number of nitrogens with zero attached hydrogens (tertiary/aromatic N) is 3. The van der Waals surface area contributed by atoms with Crippen LogP contribution in [0.15, 0.2) is 48.5 Å². The SMILES string of the molecule is O=C(CCn1nc(Cl)c2ccccc21)NCc1nc2ccccc2[nH]1. The molecule has 0 fully saturated rings. The molecular formula is C18H16ClN5O. The Morgan fingerprint density at radius 1 is 1.16 bits per heavy atom. The summed E-state index contributed by atoms with van der Waals surface area (Å²) < 4.78 is 1.76. The zero-order valence-corrected chi connectivity index (χ0v) is 14.1. The van der Waals surface area contributed by atoms with Gasteiger partial charge in [-0.3, -0.25) is 9.48 Å². The predicted molar refractivity (Wildman–Crippen MR) is 97.3 cm³/mol. The second kappa shape index (κ2) is 6.57. The molecule has 0 bridgehead atoms. The molecule has 6 nitrogen and oxygen atoms in total. The first-order chi connectivity index (χ1) is 12.2. The lowest BCUT2D eigenvalue weighted by Crippen LogP contribution is -2.24. The lowest BCUT2D eigenvalue weighted by Gasteiger charge is -2.05. The van der Waals surface area contributed by atoms with Crippen molar-refractivity contribution < 1.29 is 4.79 Å². The van der Waals surface area contributed by atoms with Crippen LogP contribution in [0.1, 0.15) is 12.2 Å². The van der Waals surface area contributed by atoms with Crippen molar-refractivity contribution in [3.8, 4) is 0 Å². The van der Waals surface area contributed by atoms with E-state index >= 15 is 0 Å². The highest BCUT2D eigenvalue weighted by Crippen LogP contribution is 2.22. The molecule has 0 saturated heterocycles. The number of para-hydroxylation sites is 3. The van der Waals surface area contributed by atoms with Crippen molar-refractivity contribution in [1.29, 1.82) is 0 Å². The second-order valence-electron chi connectivity index (χ2n) is 5.76. The number of carbonyl (C=O) groups is 1. The molecule has 0 aliphatic carbocycles. The first-order valence-electron chi connectivity index (χ1n) is 8.02. The molecule has 4 rings (SSSR count). The largest absolute Gasteiger partial charge is 0.349 e. The van der Waals surface area contributed by atoms with Gasteiger partial charge in [0.15, 0.2) is 5.15 Å². The van der Waals surface area contributed by atoms with Gasteiger partial charge in [-0.25, -0.2) is 4.98 Å². The fourth-order valence-electron chi connectivity index (χ4n) is 2.82. The van der Waals surface area contributed by atoms with Gasteiger partial charge in [0.05, 0.1) is 29.6 Å². The number of rotatable bonds is 5. The number of halogens is 1. The monoisotopic (exact) mass is 353 g/mol. The van der Waals surface area contributed by atoms with E-state index in [4.69, 9.17) is 11.6 Å². The van der Waals surface area contributed by atoms with E-state index in [0.717, 1.165) is 27.8 Å². The van der Waals surface area contributed by atoms with Crippen molar-refractivity contribution in [2.75, 3.05) is 0 Å². The maximum atomic E-state index is 12.1. The summed E-state index contributed by atoms with van der Waals surface area (Å²) in [4.78, 5) is 19.8. The van der Waals surface area contributed by atoms with E-state index in [1.54, 1.807) is 4.68 Å². The molecule has 0 saturated carbocycles. The van der Waals surface area contributed by atoms with Gasteiger partial charge in [-0.15, -0.1) is 0 Å². The Hall–Kier alpha value is -2.86. The molecule has 2 heterocycles. The number of carbonyl (C=O) groups excluding carboxylic acids is 1. The minimum absolute atomic E-state index is 0.0591. The normalized spacial score (nSPS) is 11.2. The van der Waals surface area contributed by atoms with Gasteiger partial charge in [0.25, 0.3) is 0 Å². The number of nitrogens with one attached hydrogen (secondary N) is 2. The van der Waals surface area contributed by atoms with Crippen LogP contribution in [-0.2, 0) is 17.9 Å². The minimum atomic E-state index is -0.0591. The van der Waals surface area contributed by atoms with Gasteiger partial charge in [-0.05, 0) is 24.3 Å². The number of aromatic nitrogens is 4. The van der Waals surface area contributed by atoms with Crippen molar-refractivity contribution in [3.63, 3.8) is 0 Å². The Labute approximate surface area is 148 Å². The number of amides is 1. The van der Waals surface area contributed by atoms with Crippen LogP contribution in [0.3, 0.4) is 0 Å². The molecule has 0 unspecified atom stereocenters. The summed E-state index contributed by atoms with van der Waals surface area (Å²) >= 11 is 6.13. The number of imidazole rings is 1. The average Bonchev–Trinajstić information content (AvgIpc) is 3.19. The number of H-pyrrole nitrogens is 1. The molecule has 25 heavy (non-hydrogen) atoms. The third kappa shape index (κ3) is 3.21. The molecule has 1 amide bonds. The topological polar surface area (TPSA) is 75.6 Å². The molecule has 126 valence electrons. The van der Waals surface area contributed by atoms with E-state index in [1.807, 2.05) is 48.5 Å². The first-order valence-corrected chi connectivity index (χ1v) is 8.40. The van der Waals surface area contributed by atoms with Gasteiger partial charge in [0.1, 0.15) is 5.82 Å². The van der Waals surface area contributed by atoms with Crippen LogP contribution in [0.25, 0.3) is 21.9 Å². The third-order valence-corrected chi connectivity index (χ3v) is 4.33. The van der Waals surface area contributed by atoms with E-state index in [0.29, 0.717) is 24.7 Å². The summed E-state index contributed by atoms with van der Waals surface area (Å²) in [6, 6.07) is 15.5. The number of hydrogen-bond acceptors (Lipinski definition) is 3. The first kappa shape index (κ1) is 15.7. The quantitative estimate of drug-likeness (QED) is 0.578. The molecule has 0 radical (unpaired) electrons. The molecule has 7 heteroatoms. The molecule has 0 aliphatic heterocycles. The van der Waals surface area contributed by atoms with Crippen molar-refractivity contribution in [3.05, 3.63) is 59.5 Å². The maximum Gasteiger partial charge on any atom is 0.222 e. The summed E-state index contributed by atoms with van der Waals surface area (Å²) in [6.45, 7) is 0.841. The summed E-state index contributed by atoms with van der Waals surface area (Å²) in [5, 5.41) is 8.52. The van der Waals surface area contributed by atoms with Crippen molar-refractivity contribution >= 4 is 39.4 Å². The van der Waals surface area contributed by atoms with Crippen LogP contribution >= 0.6 is 11.6 Å². The van der Waals surface area contributed by atoms with Gasteiger partial charge in [0, 0.05) is 11.8 Å². The van der Waals surface area contributed by atoms with Crippen LogP contribution in [0.4, 0.5) is 0 Å². The van der Waals surface area contributed by atoms with E-state index in [-0.39, 0.29) is 5.91 Å². The van der Waals surface area contributed by atoms with Crippen molar-refractivity contribution in [2.24, 2.45) is 0 Å². The second-order valence-corrected chi connectivity index (χ2v) is 6.12. The van der Waals surface area contributed by atoms with Gasteiger partial charge >= 0.3 is 0 Å². The third-order valence-electron chi connectivity index (χ3n) is 4.05. The van der Waals surface area contributed by atoms with Gasteiger partial charge in [-0.1, -0.05) is 35.9 Å². The smallest absolute Gasteiger partial charge is 0.222 e. The fourth-order valence-corrected chi connectivity index (χ4v) is 3.08. The van der Waals surface area contributed by atoms with E-state index in [2.05, 4.69) is 20.4 Å². The Morgan fingerprint density at radius 3 is 2.84 bits per heavy atom. The molecule has 0 spiro atoms. The highest BCUT2D eigenvalue weighted by molar-refractivity contribution is 6.34. The number of aromatic amines is 1. The minimum Gasteiger partial charge on any atom is -0.349 e. The van der Waals surface area contributed by atoms with Gasteiger partial charge < -0.3 is 10.3 Å². The molecule has 0 aliphatic rings. The predicted octanol–water partition coefficient (Wildman–Crippen LogP) is 3.27. The number of aryl methyl sites for hydroxylation is 1. The van der Waals surface area contributed by atoms with Crippen molar-refractivity contribution in [1.82, 2.24) is 25.1 Å². The molecule has 0 atom stereocenters. The van der Waals surface area contributed by atoms with Gasteiger partial charge in [-0.2, -0.15) is 5.10 Å². The maximum absolute atomic E-state index is 12.1. The standard InChI is InChI=1S/C18H16ClN5O/c19-18-12-5-1-4-8-15(12)24(23-18)10-9-17(25)20-11-16-21-13-6-2-3-7-14(13)22-16/h1-8H,9-11H2,(H,20,25)(H,21,22). The van der Waals surface area contributed by atoms with Crippen LogP contribution < -0.4 is 5.32 Å². The lowest BCUT2D eigenvalue weighted by molar-refractivity contribution is -0.121. The summed E-state index contributed by atoms with van der Waals surface area (Å²) in [5.41, 5.74) is 2.78. The van der Waals surface area contributed by atoms with E-state index in [9.17, 15) is 4.79 Å². The Balaban J connectivity index is 1.37. The zero-order chi connectivity index (χ0) is 17.2. The fraction of sp³-hybridized carbons (Fsp3) is 0.167. The summed E-state index contributed by atoms with van der Waals surface area (Å²) in [6.07, 6.45) is 0.322. The number of hydrogen-bond donors (Lipinski definition) is 2. The van der Waals surface area contributed by atoms with Gasteiger partial charge in [0.2, 0.25) is 5.91 Å². The van der Waals surface area contributed by atoms with Crippen LogP contribution in [0.5, 0.6) is 0 Å². The number of benzene rings is 2. The van der Waals surface area contributed by atoms with Crippen LogP contribution in [-0.4, -0.2) is 25.7 Å². The van der Waals surface area contributed by atoms with Crippen LogP contribution in [0, 0.1) is 0 Å². The molecule has 2 aromatic heterocycles. The molecule has 2 aromatic carbocycles. The lowest BCUT2D eigenvalue weighted by atomic mass is 10.2. The average molecular weight is 354 g/mol. The molecule has 4 aromatic rings. The van der Waals surface area contributed by atoms with Crippen molar-refractivity contribution in [2.45, 2.75) is 19.5 Å². The van der Waals surface area contributed by atoms with E-state index in [1.165, 1.54) is 0 Å². The van der Waals surface area contributed by atoms with E-state index < -0.39 is 0 Å². The Bertz CT molecular complexity index is 1020. The summed E-state index contributed by atoms with van der Waals surface area (Å²) in [7, 11) is 0. The highest BCUT2D eigenvalue weighted by Gasteiger charge is 2.10. The Morgan fingerprint density at radius 2 is 1.96 bits per heavy atom. The zero-order valence-electron chi connectivity index (χ0n) is 13.4. The highest BCUT2D eigenvalue weighted by atomic mass is 35.5. The molecular weight excluding hydrogens is 338 g/mol. The molecule has 2 N–H and O–H groups in total. The van der Waals surface area contributed by atoms with Crippen LogP contribution in [0.2, 0.25) is 5.15 Å².